The minimum atomic E-state index is -5.97. The molecule has 0 fully saturated rings. The van der Waals surface area contributed by atoms with Crippen LogP contribution in [0, 0.1) is 5.41 Å². The second-order valence-corrected chi connectivity index (χ2v) is 13.2. The highest BCUT2D eigenvalue weighted by atomic mass is 19.3. The third-order valence-corrected chi connectivity index (χ3v) is 7.63. The number of esters is 1. The van der Waals surface area contributed by atoms with Crippen LogP contribution < -0.4 is 21.8 Å². The van der Waals surface area contributed by atoms with E-state index < -0.39 is 71.9 Å². The van der Waals surface area contributed by atoms with E-state index in [1.807, 2.05) is 13.0 Å². The van der Waals surface area contributed by atoms with E-state index >= 15 is 0 Å². The Labute approximate surface area is 286 Å². The average Bonchev–Trinajstić information content (AvgIpc) is 2.95. The Kier molecular flexibility index (Phi) is 11.9. The monoisotopic (exact) mass is 742 g/mol. The van der Waals surface area contributed by atoms with Crippen molar-refractivity contribution >= 4 is 16.9 Å². The van der Waals surface area contributed by atoms with Gasteiger partial charge >= 0.3 is 36.4 Å². The van der Waals surface area contributed by atoms with Gasteiger partial charge in [0.15, 0.2) is 13.2 Å². The molecule has 1 atom stereocenters. The molecular formula is C33H38F8N2O8. The summed E-state index contributed by atoms with van der Waals surface area (Å²) in [4.78, 5) is 25.4. The van der Waals surface area contributed by atoms with Crippen molar-refractivity contribution < 1.29 is 68.0 Å². The Hall–Kier alpha value is -3.84. The van der Waals surface area contributed by atoms with E-state index in [1.165, 1.54) is 46.8 Å². The molecule has 0 saturated carbocycles. The molecule has 0 spiro atoms. The Balaban J connectivity index is 1.63. The predicted octanol–water partition coefficient (Wildman–Crippen LogP) is 7.15. The highest BCUT2D eigenvalue weighted by Crippen LogP contribution is 2.40. The summed E-state index contributed by atoms with van der Waals surface area (Å²) in [6.07, 6.45) is -21.8. The van der Waals surface area contributed by atoms with Crippen molar-refractivity contribution in [2.75, 3.05) is 13.2 Å². The molecule has 51 heavy (non-hydrogen) atoms. The van der Waals surface area contributed by atoms with Crippen LogP contribution in [0.2, 0.25) is 0 Å². The molecule has 0 aliphatic carbocycles. The van der Waals surface area contributed by atoms with Crippen molar-refractivity contribution in [2.24, 2.45) is 16.9 Å². The summed E-state index contributed by atoms with van der Waals surface area (Å²) >= 11 is 0. The molecule has 0 bridgehead atoms. The number of ether oxygens (including phenoxy) is 5. The van der Waals surface area contributed by atoms with Crippen LogP contribution in [-0.4, -0.2) is 55.1 Å². The van der Waals surface area contributed by atoms with Gasteiger partial charge in [0.05, 0.1) is 11.0 Å². The summed E-state index contributed by atoms with van der Waals surface area (Å²) in [6.45, 7) is 4.53. The molecular weight excluding hydrogens is 704 g/mol. The summed E-state index contributed by atoms with van der Waals surface area (Å²) < 4.78 is 136. The van der Waals surface area contributed by atoms with E-state index in [4.69, 9.17) is 20.6 Å². The highest BCUT2D eigenvalue weighted by Gasteiger charge is 2.57. The number of carbonyl (C=O) groups is 1. The molecule has 0 radical (unpaired) electrons. The average molecular weight is 743 g/mol. The molecule has 10 nitrogen and oxygen atoms in total. The van der Waals surface area contributed by atoms with Gasteiger partial charge in [0, 0.05) is 22.5 Å². The second-order valence-electron chi connectivity index (χ2n) is 13.2. The van der Waals surface area contributed by atoms with Gasteiger partial charge in [0.25, 0.3) is 0 Å². The third kappa shape index (κ3) is 11.3. The van der Waals surface area contributed by atoms with Crippen molar-refractivity contribution in [2.45, 2.75) is 90.3 Å². The van der Waals surface area contributed by atoms with Crippen molar-refractivity contribution in [1.29, 1.82) is 0 Å². The van der Waals surface area contributed by atoms with Gasteiger partial charge in [-0.25, -0.2) is 19.0 Å². The minimum Gasteiger partial charge on any atom is -0.484 e. The van der Waals surface area contributed by atoms with Gasteiger partial charge in [-0.05, 0) is 76.8 Å². The molecule has 0 aliphatic heterocycles. The molecule has 3 aromatic rings. The Morgan fingerprint density at radius 1 is 0.765 bits per heavy atom. The fourth-order valence-electron chi connectivity index (χ4n) is 5.00. The number of carbonyl (C=O) groups excluding carboxylic acids is 1. The lowest BCUT2D eigenvalue weighted by Gasteiger charge is -2.43. The Bertz CT molecular complexity index is 1760. The van der Waals surface area contributed by atoms with E-state index in [-0.39, 0.29) is 17.6 Å². The smallest absolute Gasteiger partial charge is 0.484 e. The second kappa shape index (κ2) is 14.7. The van der Waals surface area contributed by atoms with E-state index in [2.05, 4.69) is 18.9 Å². The maximum Gasteiger partial charge on any atom is 0.496 e. The first-order valence-corrected chi connectivity index (χ1v) is 15.2. The Morgan fingerprint density at radius 2 is 1.33 bits per heavy atom. The van der Waals surface area contributed by atoms with Gasteiger partial charge in [-0.3, -0.25) is 4.79 Å². The number of hydrogen-bond donors (Lipinski definition) is 2. The van der Waals surface area contributed by atoms with Crippen LogP contribution in [0.4, 0.5) is 35.1 Å². The molecule has 0 aliphatic rings. The van der Waals surface area contributed by atoms with Crippen LogP contribution in [-0.2, 0) is 30.2 Å². The van der Waals surface area contributed by atoms with Crippen LogP contribution in [0.5, 0.6) is 5.75 Å². The van der Waals surface area contributed by atoms with Crippen LogP contribution in [0.25, 0.3) is 22.1 Å². The first-order valence-electron chi connectivity index (χ1n) is 15.2. The van der Waals surface area contributed by atoms with E-state index in [0.717, 1.165) is 17.7 Å². The van der Waals surface area contributed by atoms with Crippen LogP contribution in [0.3, 0.4) is 0 Å². The van der Waals surface area contributed by atoms with E-state index in [1.54, 1.807) is 18.2 Å². The molecule has 1 aromatic heterocycles. The largest absolute Gasteiger partial charge is 0.496 e. The fraction of sp³-hybridized carbons (Fsp3) is 0.515. The highest BCUT2D eigenvalue weighted by molar-refractivity contribution is 5.83. The summed E-state index contributed by atoms with van der Waals surface area (Å²) in [5.74, 6) is -1.85. The van der Waals surface area contributed by atoms with Gasteiger partial charge in [0.2, 0.25) is 0 Å². The summed E-state index contributed by atoms with van der Waals surface area (Å²) in [6, 6.07) is 12.0. The lowest BCUT2D eigenvalue weighted by Crippen LogP contribution is -2.58. The zero-order valence-corrected chi connectivity index (χ0v) is 28.4. The normalized spacial score (nSPS) is 14.7. The molecule has 2 aromatic carbocycles. The number of rotatable bonds is 17. The quantitative estimate of drug-likeness (QED) is 0.0633. The van der Waals surface area contributed by atoms with Crippen molar-refractivity contribution in [3.8, 4) is 16.9 Å². The van der Waals surface area contributed by atoms with Crippen LogP contribution >= 0.6 is 0 Å². The molecule has 3 rings (SSSR count). The van der Waals surface area contributed by atoms with Gasteiger partial charge in [-0.15, -0.1) is 17.6 Å². The standard InChI is InChI=1S/C33H38F8N2O8/c1-7-19-10-8-9-11-22(19)23-14-20-12-13-21(15-24(20)48-25(23)44)46-17-30(34,35)49-32(38,39)51-33(40,41)50-31(36,37)18-47-26(45)29(6,28(4,5)43)16-27(2,3)42/h8-15H,7,16-18,42-43H2,1-6H3. The van der Waals surface area contributed by atoms with Crippen LogP contribution in [0.15, 0.2) is 57.7 Å². The van der Waals surface area contributed by atoms with Gasteiger partial charge < -0.3 is 25.4 Å². The zero-order chi connectivity index (χ0) is 38.8. The van der Waals surface area contributed by atoms with Crippen LogP contribution in [0.1, 0.15) is 53.5 Å². The van der Waals surface area contributed by atoms with Crippen molar-refractivity contribution in [3.63, 3.8) is 0 Å². The number of hydrogen-bond acceptors (Lipinski definition) is 10. The van der Waals surface area contributed by atoms with Gasteiger partial charge in [-0.2, -0.15) is 17.6 Å². The van der Waals surface area contributed by atoms with Crippen molar-refractivity contribution in [1.82, 2.24) is 0 Å². The molecule has 1 unspecified atom stereocenters. The number of halogens is 8. The molecule has 0 amide bonds. The molecule has 4 N–H and O–H groups in total. The number of fused-ring (bicyclic) bond motifs is 1. The van der Waals surface area contributed by atoms with E-state index in [9.17, 15) is 44.7 Å². The number of aryl methyl sites for hydroxylation is 1. The van der Waals surface area contributed by atoms with E-state index in [0.29, 0.717) is 17.4 Å². The summed E-state index contributed by atoms with van der Waals surface area (Å²) in [7, 11) is 0. The van der Waals surface area contributed by atoms with Gasteiger partial charge in [-0.1, -0.05) is 31.2 Å². The lowest BCUT2D eigenvalue weighted by molar-refractivity contribution is -0.574. The topological polar surface area (TPSA) is 145 Å². The first-order chi connectivity index (χ1) is 23.1. The number of nitrogens with two attached hydrogens (primary N) is 2. The summed E-state index contributed by atoms with van der Waals surface area (Å²) in [5.41, 5.74) is 8.44. The SMILES string of the molecule is CCc1ccccc1-c1cc2ccc(OCC(F)(F)OC(F)(F)OC(F)(F)OC(F)(F)COC(=O)C(C)(CC(C)(C)N)C(C)(C)N)cc2oc1=O. The molecule has 0 saturated heterocycles. The van der Waals surface area contributed by atoms with Crippen molar-refractivity contribution in [3.05, 3.63) is 64.5 Å². The molecule has 18 heteroatoms. The summed E-state index contributed by atoms with van der Waals surface area (Å²) in [5, 5.41) is 0.344. The first kappa shape index (κ1) is 41.6. The fourth-order valence-corrected chi connectivity index (χ4v) is 5.00. The maximum atomic E-state index is 14.3. The predicted molar refractivity (Wildman–Crippen MR) is 166 cm³/mol. The number of alkyl halides is 8. The molecule has 1 heterocycles. The molecule has 284 valence electrons. The zero-order valence-electron chi connectivity index (χ0n) is 28.4. The number of benzene rings is 2. The Morgan fingerprint density at radius 3 is 1.88 bits per heavy atom. The lowest BCUT2D eigenvalue weighted by atomic mass is 9.67. The minimum absolute atomic E-state index is 0.129. The third-order valence-electron chi connectivity index (χ3n) is 7.63. The maximum absolute atomic E-state index is 14.3. The van der Waals surface area contributed by atoms with Gasteiger partial charge in [0.1, 0.15) is 11.3 Å².